The minimum absolute atomic E-state index is 0.00510. The summed E-state index contributed by atoms with van der Waals surface area (Å²) in [7, 11) is -1.52. The van der Waals surface area contributed by atoms with E-state index in [1.54, 1.807) is 6.92 Å². The quantitative estimate of drug-likeness (QED) is 0.507. The third-order valence-electron chi connectivity index (χ3n) is 5.64. The maximum absolute atomic E-state index is 13.2. The van der Waals surface area contributed by atoms with Gasteiger partial charge in [0.1, 0.15) is 5.75 Å². The van der Waals surface area contributed by atoms with E-state index in [-0.39, 0.29) is 39.8 Å². The van der Waals surface area contributed by atoms with E-state index in [0.717, 1.165) is 0 Å². The number of esters is 2. The SMILES string of the molecule is CCOc1ccc(S(=O)(=O)N2CCC[C@@H](C(=O)Nc3cc(C(=O)OC)cc(C(=O)OC)c3)C2)cc1Cl. The van der Waals surface area contributed by atoms with Gasteiger partial charge in [0, 0.05) is 18.8 Å². The highest BCUT2D eigenvalue weighted by molar-refractivity contribution is 7.89. The van der Waals surface area contributed by atoms with Crippen LogP contribution in [0.2, 0.25) is 5.02 Å². The van der Waals surface area contributed by atoms with Gasteiger partial charge in [-0.3, -0.25) is 4.79 Å². The van der Waals surface area contributed by atoms with Crippen LogP contribution >= 0.6 is 11.6 Å². The number of hydrogen-bond donors (Lipinski definition) is 1. The van der Waals surface area contributed by atoms with Gasteiger partial charge >= 0.3 is 11.9 Å². The molecule has 36 heavy (non-hydrogen) atoms. The summed E-state index contributed by atoms with van der Waals surface area (Å²) in [5.74, 6) is -2.11. The van der Waals surface area contributed by atoms with Gasteiger partial charge in [-0.25, -0.2) is 18.0 Å². The molecule has 1 N–H and O–H groups in total. The highest BCUT2D eigenvalue weighted by Crippen LogP contribution is 2.31. The van der Waals surface area contributed by atoms with E-state index in [0.29, 0.717) is 25.2 Å². The predicted octanol–water partition coefficient (Wildman–Crippen LogP) is 3.35. The van der Waals surface area contributed by atoms with Gasteiger partial charge in [0.25, 0.3) is 0 Å². The number of carbonyl (C=O) groups excluding carboxylic acids is 3. The first kappa shape index (κ1) is 27.4. The number of carbonyl (C=O) groups is 3. The van der Waals surface area contributed by atoms with Crippen LogP contribution in [0.15, 0.2) is 41.3 Å². The van der Waals surface area contributed by atoms with E-state index in [2.05, 4.69) is 5.32 Å². The molecule has 12 heteroatoms. The fraction of sp³-hybridized carbons (Fsp3) is 0.375. The second-order valence-corrected chi connectivity index (χ2v) is 10.3. The molecule has 1 aliphatic rings. The molecule has 2 aromatic carbocycles. The number of ether oxygens (including phenoxy) is 3. The minimum Gasteiger partial charge on any atom is -0.492 e. The van der Waals surface area contributed by atoms with Crippen LogP contribution in [0.4, 0.5) is 5.69 Å². The molecule has 0 unspecified atom stereocenters. The molecule has 3 rings (SSSR count). The Morgan fingerprint density at radius 3 is 2.25 bits per heavy atom. The summed E-state index contributed by atoms with van der Waals surface area (Å²) in [5.41, 5.74) is 0.286. The standard InChI is InChI=1S/C24H27ClN2O8S/c1-4-35-21-8-7-19(13-20(21)25)36(31,32)27-9-5-6-15(14-27)22(28)26-18-11-16(23(29)33-2)10-17(12-18)24(30)34-3/h7-8,10-13,15H,4-6,9,14H2,1-3H3,(H,26,28)/t15-/m1/s1. The first-order valence-electron chi connectivity index (χ1n) is 11.2. The first-order chi connectivity index (χ1) is 17.1. The summed E-state index contributed by atoms with van der Waals surface area (Å²) in [6.07, 6.45) is 0.931. The fourth-order valence-corrected chi connectivity index (χ4v) is 5.70. The van der Waals surface area contributed by atoms with Gasteiger partial charge < -0.3 is 19.5 Å². The van der Waals surface area contributed by atoms with E-state index in [1.807, 2.05) is 0 Å². The largest absolute Gasteiger partial charge is 0.492 e. The molecule has 1 heterocycles. The Morgan fingerprint density at radius 1 is 1.06 bits per heavy atom. The number of amides is 1. The molecule has 10 nitrogen and oxygen atoms in total. The molecule has 1 atom stereocenters. The van der Waals surface area contributed by atoms with Crippen molar-refractivity contribution in [1.82, 2.24) is 4.31 Å². The monoisotopic (exact) mass is 538 g/mol. The molecular weight excluding hydrogens is 512 g/mol. The maximum atomic E-state index is 13.2. The van der Waals surface area contributed by atoms with Crippen molar-refractivity contribution in [2.45, 2.75) is 24.7 Å². The second-order valence-electron chi connectivity index (χ2n) is 8.00. The Balaban J connectivity index is 1.79. The average molecular weight is 539 g/mol. The van der Waals surface area contributed by atoms with Crippen LogP contribution < -0.4 is 10.1 Å². The van der Waals surface area contributed by atoms with Crippen molar-refractivity contribution in [3.05, 3.63) is 52.5 Å². The van der Waals surface area contributed by atoms with Crippen molar-refractivity contribution in [2.24, 2.45) is 5.92 Å². The lowest BCUT2D eigenvalue weighted by molar-refractivity contribution is -0.120. The van der Waals surface area contributed by atoms with Crippen LogP contribution in [0.25, 0.3) is 0 Å². The lowest BCUT2D eigenvalue weighted by Gasteiger charge is -2.31. The molecular formula is C24H27ClN2O8S. The lowest BCUT2D eigenvalue weighted by atomic mass is 9.98. The van der Waals surface area contributed by atoms with Gasteiger partial charge in [-0.2, -0.15) is 4.31 Å². The third-order valence-corrected chi connectivity index (χ3v) is 7.80. The van der Waals surface area contributed by atoms with Crippen molar-refractivity contribution in [1.29, 1.82) is 0 Å². The summed E-state index contributed by atoms with van der Waals surface area (Å²) >= 11 is 6.18. The number of nitrogens with zero attached hydrogens (tertiary/aromatic N) is 1. The number of hydrogen-bond acceptors (Lipinski definition) is 8. The normalized spacial score (nSPS) is 16.2. The van der Waals surface area contributed by atoms with E-state index in [4.69, 9.17) is 25.8 Å². The summed E-state index contributed by atoms with van der Waals surface area (Å²) in [4.78, 5) is 37.1. The fourth-order valence-electron chi connectivity index (χ4n) is 3.85. The molecule has 0 saturated carbocycles. The van der Waals surface area contributed by atoms with Crippen molar-refractivity contribution in [3.63, 3.8) is 0 Å². The van der Waals surface area contributed by atoms with Crippen LogP contribution in [-0.4, -0.2) is 64.5 Å². The maximum Gasteiger partial charge on any atom is 0.337 e. The highest BCUT2D eigenvalue weighted by Gasteiger charge is 2.34. The van der Waals surface area contributed by atoms with Crippen molar-refractivity contribution < 1.29 is 37.0 Å². The number of anilines is 1. The summed E-state index contributed by atoms with van der Waals surface area (Å²) in [6.45, 7) is 2.39. The highest BCUT2D eigenvalue weighted by atomic mass is 35.5. The zero-order valence-corrected chi connectivity index (χ0v) is 21.6. The summed E-state index contributed by atoms with van der Waals surface area (Å²) in [5, 5.41) is 2.86. The number of sulfonamides is 1. The molecule has 0 radical (unpaired) electrons. The van der Waals surface area contributed by atoms with Gasteiger partial charge in [0.2, 0.25) is 15.9 Å². The zero-order valence-electron chi connectivity index (χ0n) is 20.1. The van der Waals surface area contributed by atoms with Gasteiger partial charge in [-0.05, 0) is 56.2 Å². The molecule has 0 aromatic heterocycles. The Bertz CT molecular complexity index is 1230. The third kappa shape index (κ3) is 6.15. The van der Waals surface area contributed by atoms with Crippen LogP contribution in [0.1, 0.15) is 40.5 Å². The molecule has 1 fully saturated rings. The van der Waals surface area contributed by atoms with Crippen molar-refractivity contribution in [3.8, 4) is 5.75 Å². The molecule has 0 aliphatic carbocycles. The predicted molar refractivity (Wildman–Crippen MR) is 132 cm³/mol. The van der Waals surface area contributed by atoms with Crippen molar-refractivity contribution >= 4 is 45.2 Å². The van der Waals surface area contributed by atoms with Gasteiger partial charge in [0.05, 0.1) is 47.8 Å². The Morgan fingerprint density at radius 2 is 1.69 bits per heavy atom. The zero-order chi connectivity index (χ0) is 26.5. The smallest absolute Gasteiger partial charge is 0.337 e. The lowest BCUT2D eigenvalue weighted by Crippen LogP contribution is -2.43. The van der Waals surface area contributed by atoms with Gasteiger partial charge in [-0.15, -0.1) is 0 Å². The van der Waals surface area contributed by atoms with Crippen LogP contribution in [0.5, 0.6) is 5.75 Å². The number of rotatable bonds is 8. The summed E-state index contributed by atoms with van der Waals surface area (Å²) in [6, 6.07) is 8.29. The number of halogens is 1. The Kier molecular flexibility index (Phi) is 8.93. The minimum atomic E-state index is -3.91. The molecule has 0 spiro atoms. The van der Waals surface area contributed by atoms with E-state index < -0.39 is 33.8 Å². The molecule has 1 aliphatic heterocycles. The van der Waals surface area contributed by atoms with Gasteiger partial charge in [0.15, 0.2) is 0 Å². The van der Waals surface area contributed by atoms with Crippen LogP contribution in [0, 0.1) is 5.92 Å². The van der Waals surface area contributed by atoms with Crippen LogP contribution in [0.3, 0.4) is 0 Å². The van der Waals surface area contributed by atoms with Crippen molar-refractivity contribution in [2.75, 3.05) is 39.2 Å². The summed E-state index contributed by atoms with van der Waals surface area (Å²) < 4.78 is 42.5. The first-order valence-corrected chi connectivity index (χ1v) is 13.0. The Hall–Kier alpha value is -3.15. The topological polar surface area (TPSA) is 128 Å². The molecule has 0 bridgehead atoms. The number of methoxy groups -OCH3 is 2. The number of benzene rings is 2. The van der Waals surface area contributed by atoms with E-state index >= 15 is 0 Å². The Labute approximate surface area is 214 Å². The van der Waals surface area contributed by atoms with Crippen LogP contribution in [-0.2, 0) is 24.3 Å². The molecule has 194 valence electrons. The number of piperidine rings is 1. The van der Waals surface area contributed by atoms with E-state index in [9.17, 15) is 22.8 Å². The van der Waals surface area contributed by atoms with E-state index in [1.165, 1.54) is 54.9 Å². The molecule has 1 amide bonds. The molecule has 1 saturated heterocycles. The average Bonchev–Trinajstić information content (AvgIpc) is 2.88. The van der Waals surface area contributed by atoms with Gasteiger partial charge in [-0.1, -0.05) is 11.6 Å². The second kappa shape index (κ2) is 11.7. The molecule has 2 aromatic rings. The number of nitrogens with one attached hydrogen (secondary N) is 1.